The maximum Gasteiger partial charge on any atom is 0.247 e. The van der Waals surface area contributed by atoms with E-state index >= 15 is 0 Å². The van der Waals surface area contributed by atoms with E-state index in [4.69, 9.17) is 16.7 Å². The van der Waals surface area contributed by atoms with E-state index in [1.807, 2.05) is 59.3 Å². The summed E-state index contributed by atoms with van der Waals surface area (Å²) in [5, 5.41) is 9.21. The van der Waals surface area contributed by atoms with Crippen LogP contribution >= 0.6 is 11.6 Å². The number of benzene rings is 2. The summed E-state index contributed by atoms with van der Waals surface area (Å²) in [6.07, 6.45) is 5.23. The van der Waals surface area contributed by atoms with Gasteiger partial charge in [-0.1, -0.05) is 36.4 Å². The van der Waals surface area contributed by atoms with Crippen molar-refractivity contribution in [2.75, 3.05) is 5.32 Å². The van der Waals surface area contributed by atoms with E-state index in [0.29, 0.717) is 10.7 Å². The second-order valence-electron chi connectivity index (χ2n) is 6.23. The van der Waals surface area contributed by atoms with Gasteiger partial charge in [0.25, 0.3) is 0 Å². The molecular weight excluding hydrogens is 346 g/mol. The van der Waals surface area contributed by atoms with Gasteiger partial charge in [0.15, 0.2) is 0 Å². The Bertz CT molecular complexity index is 984. The van der Waals surface area contributed by atoms with Gasteiger partial charge in [0.05, 0.1) is 11.2 Å². The molecule has 0 atom stereocenters. The van der Waals surface area contributed by atoms with Gasteiger partial charge in [0, 0.05) is 22.1 Å². The molecular formula is C21H20ClN3O. The number of nitrogens with zero attached hydrogens (tertiary/aromatic N) is 2. The number of amides is 1. The summed E-state index contributed by atoms with van der Waals surface area (Å²) in [4.78, 5) is 11.6. The third kappa shape index (κ3) is 3.86. The van der Waals surface area contributed by atoms with Crippen molar-refractivity contribution in [3.63, 3.8) is 0 Å². The first-order chi connectivity index (χ1) is 12.5. The molecule has 4 nitrogen and oxygen atoms in total. The molecule has 1 aromatic heterocycles. The zero-order chi connectivity index (χ0) is 18.7. The van der Waals surface area contributed by atoms with Crippen molar-refractivity contribution in [1.29, 1.82) is 0 Å². The molecule has 0 aliphatic carbocycles. The number of hydrogen-bond donors (Lipinski definition) is 1. The van der Waals surface area contributed by atoms with Gasteiger partial charge in [0.2, 0.25) is 5.91 Å². The van der Waals surface area contributed by atoms with E-state index in [1.54, 1.807) is 0 Å². The Labute approximate surface area is 157 Å². The van der Waals surface area contributed by atoms with E-state index in [1.165, 1.54) is 6.08 Å². The monoisotopic (exact) mass is 365 g/mol. The van der Waals surface area contributed by atoms with Crippen molar-refractivity contribution in [3.8, 4) is 0 Å². The number of fused-ring (bicyclic) bond motifs is 1. The van der Waals surface area contributed by atoms with Crippen molar-refractivity contribution < 1.29 is 4.79 Å². The van der Waals surface area contributed by atoms with Gasteiger partial charge in [-0.3, -0.25) is 9.48 Å². The topological polar surface area (TPSA) is 46.9 Å². The van der Waals surface area contributed by atoms with Gasteiger partial charge in [-0.15, -0.1) is 0 Å². The molecule has 3 rings (SSSR count). The van der Waals surface area contributed by atoms with Crippen LogP contribution in [0.2, 0.25) is 5.02 Å². The van der Waals surface area contributed by atoms with Gasteiger partial charge in [-0.25, -0.2) is 0 Å². The lowest BCUT2D eigenvalue weighted by Gasteiger charge is -2.07. The molecule has 1 amide bonds. The lowest BCUT2D eigenvalue weighted by molar-refractivity contribution is -0.111. The van der Waals surface area contributed by atoms with Crippen LogP contribution in [0, 0.1) is 0 Å². The van der Waals surface area contributed by atoms with E-state index in [2.05, 4.69) is 25.7 Å². The third-order valence-corrected chi connectivity index (χ3v) is 4.23. The maximum absolute atomic E-state index is 11.6. The second-order valence-corrected chi connectivity index (χ2v) is 6.67. The third-order valence-electron chi connectivity index (χ3n) is 3.98. The van der Waals surface area contributed by atoms with E-state index in [-0.39, 0.29) is 11.9 Å². The Morgan fingerprint density at radius 2 is 1.92 bits per heavy atom. The Morgan fingerprint density at radius 1 is 1.19 bits per heavy atom. The molecule has 5 heteroatoms. The highest BCUT2D eigenvalue weighted by Crippen LogP contribution is 2.27. The number of anilines is 1. The van der Waals surface area contributed by atoms with Crippen LogP contribution in [-0.2, 0) is 4.79 Å². The zero-order valence-corrected chi connectivity index (χ0v) is 15.5. The number of rotatable bonds is 5. The summed E-state index contributed by atoms with van der Waals surface area (Å²) in [6.45, 7) is 7.66. The molecule has 0 spiro atoms. The highest BCUT2D eigenvalue weighted by molar-refractivity contribution is 6.30. The van der Waals surface area contributed by atoms with E-state index in [0.717, 1.165) is 22.2 Å². The first-order valence-electron chi connectivity index (χ1n) is 8.37. The Hall–Kier alpha value is -2.85. The molecule has 0 aliphatic heterocycles. The first kappa shape index (κ1) is 18.0. The molecule has 2 aromatic carbocycles. The van der Waals surface area contributed by atoms with Crippen LogP contribution in [0.1, 0.15) is 31.1 Å². The minimum atomic E-state index is -0.237. The maximum atomic E-state index is 11.6. The molecule has 3 aromatic rings. The van der Waals surface area contributed by atoms with Crippen LogP contribution in [0.15, 0.2) is 55.1 Å². The van der Waals surface area contributed by atoms with Gasteiger partial charge >= 0.3 is 0 Å². The lowest BCUT2D eigenvalue weighted by atomic mass is 10.1. The Morgan fingerprint density at radius 3 is 2.58 bits per heavy atom. The zero-order valence-electron chi connectivity index (χ0n) is 14.7. The molecule has 26 heavy (non-hydrogen) atoms. The van der Waals surface area contributed by atoms with Crippen molar-refractivity contribution in [2.45, 2.75) is 19.9 Å². The minimum Gasteiger partial charge on any atom is -0.323 e. The average molecular weight is 366 g/mol. The molecule has 132 valence electrons. The van der Waals surface area contributed by atoms with Crippen LogP contribution in [0.5, 0.6) is 0 Å². The summed E-state index contributed by atoms with van der Waals surface area (Å²) < 4.78 is 1.98. The summed E-state index contributed by atoms with van der Waals surface area (Å²) in [6, 6.07) is 13.6. The summed E-state index contributed by atoms with van der Waals surface area (Å²) >= 11 is 5.93. The molecule has 1 N–H and O–H groups in total. The second kappa shape index (κ2) is 7.58. The predicted molar refractivity (Wildman–Crippen MR) is 109 cm³/mol. The molecule has 0 saturated heterocycles. The first-order valence-corrected chi connectivity index (χ1v) is 8.75. The number of aromatic nitrogens is 2. The minimum absolute atomic E-state index is 0.226. The number of hydrogen-bond acceptors (Lipinski definition) is 2. The van der Waals surface area contributed by atoms with Crippen LogP contribution < -0.4 is 5.32 Å². The van der Waals surface area contributed by atoms with Gasteiger partial charge in [0.1, 0.15) is 0 Å². The van der Waals surface area contributed by atoms with Crippen LogP contribution in [0.25, 0.3) is 23.1 Å². The summed E-state index contributed by atoms with van der Waals surface area (Å²) in [5.74, 6) is -0.237. The van der Waals surface area contributed by atoms with Crippen molar-refractivity contribution in [2.24, 2.45) is 0 Å². The van der Waals surface area contributed by atoms with Crippen LogP contribution in [-0.4, -0.2) is 15.7 Å². The van der Waals surface area contributed by atoms with Crippen LogP contribution in [0.4, 0.5) is 5.69 Å². The smallest absolute Gasteiger partial charge is 0.247 e. The fraction of sp³-hybridized carbons (Fsp3) is 0.143. The number of carbonyl (C=O) groups excluding carboxylic acids is 1. The lowest BCUT2D eigenvalue weighted by Crippen LogP contribution is -2.07. The SMILES string of the molecule is C=CC(=O)Nc1ccc2c(c1)c(/C=C/c1ccc(Cl)cc1)nn2C(C)C. The molecule has 0 fully saturated rings. The molecule has 0 unspecified atom stereocenters. The number of carbonyl (C=O) groups is 1. The van der Waals surface area contributed by atoms with E-state index in [9.17, 15) is 4.79 Å². The van der Waals surface area contributed by atoms with Crippen molar-refractivity contribution >= 4 is 46.3 Å². The molecule has 0 saturated carbocycles. The normalized spacial score (nSPS) is 11.4. The Kier molecular flexibility index (Phi) is 5.24. The summed E-state index contributed by atoms with van der Waals surface area (Å²) in [7, 11) is 0. The standard InChI is InChI=1S/C21H20ClN3O/c1-4-21(26)23-17-10-12-20-18(13-17)19(24-25(20)14(2)3)11-7-15-5-8-16(22)9-6-15/h4-14H,1H2,2-3H3,(H,23,26)/b11-7+. The van der Waals surface area contributed by atoms with Gasteiger partial charge in [-0.2, -0.15) is 5.10 Å². The largest absolute Gasteiger partial charge is 0.323 e. The Balaban J connectivity index is 2.04. The highest BCUT2D eigenvalue weighted by atomic mass is 35.5. The van der Waals surface area contributed by atoms with Crippen molar-refractivity contribution in [1.82, 2.24) is 9.78 Å². The highest BCUT2D eigenvalue weighted by Gasteiger charge is 2.12. The molecule has 1 heterocycles. The molecule has 0 radical (unpaired) electrons. The number of nitrogens with one attached hydrogen (secondary N) is 1. The van der Waals surface area contributed by atoms with Crippen molar-refractivity contribution in [3.05, 3.63) is 71.4 Å². The fourth-order valence-electron chi connectivity index (χ4n) is 2.70. The van der Waals surface area contributed by atoms with Gasteiger partial charge in [-0.05, 0) is 61.9 Å². The average Bonchev–Trinajstić information content (AvgIpc) is 2.99. The van der Waals surface area contributed by atoms with Crippen LogP contribution in [0.3, 0.4) is 0 Å². The fourth-order valence-corrected chi connectivity index (χ4v) is 2.83. The molecule has 0 bridgehead atoms. The molecule has 0 aliphatic rings. The van der Waals surface area contributed by atoms with E-state index < -0.39 is 0 Å². The summed E-state index contributed by atoms with van der Waals surface area (Å²) in [5.41, 5.74) is 3.62. The predicted octanol–water partition coefficient (Wildman–Crippen LogP) is 5.57. The quantitative estimate of drug-likeness (QED) is 0.601. The van der Waals surface area contributed by atoms with Gasteiger partial charge < -0.3 is 5.32 Å². The number of halogens is 1.